The summed E-state index contributed by atoms with van der Waals surface area (Å²) in [5.41, 5.74) is 12.3. The van der Waals surface area contributed by atoms with Crippen LogP contribution in [0.25, 0.3) is 65.9 Å². The van der Waals surface area contributed by atoms with Gasteiger partial charge in [-0.15, -0.1) is 0 Å². The maximum absolute atomic E-state index is 16.0. The number of aromatic amines is 1. The summed E-state index contributed by atoms with van der Waals surface area (Å²) in [7, 11) is -2.93. The molecule has 0 unspecified atom stereocenters. The summed E-state index contributed by atoms with van der Waals surface area (Å²) in [6.45, 7) is 7.93. The van der Waals surface area contributed by atoms with Crippen molar-refractivity contribution in [2.45, 2.75) is 98.3 Å². The highest BCUT2D eigenvalue weighted by molar-refractivity contribution is 6.36. The second-order valence-corrected chi connectivity index (χ2v) is 20.2. The van der Waals surface area contributed by atoms with E-state index in [1.807, 2.05) is 38.1 Å². The van der Waals surface area contributed by atoms with Gasteiger partial charge in [-0.3, -0.25) is 4.79 Å². The number of hydrogen-bond acceptors (Lipinski definition) is 6. The SMILES string of the molecule is CCOC(=O)/C=C/C1=[N+](B(F)F)C(=C(\c2[nH]c(/C=C/C(=O)OCC)c3c2CCCC3)c2c(C)cc(-c3ccc(OC(=O)CCCc4ccc5c6cccc7cccc(c8cccc4c85)c76)cc3)cc2C)/C2=C1CCCC2. The molecule has 11 rings (SSSR count). The van der Waals surface area contributed by atoms with Gasteiger partial charge in [0.05, 0.1) is 24.5 Å². The summed E-state index contributed by atoms with van der Waals surface area (Å²) >= 11 is 0. The predicted octanol–water partition coefficient (Wildman–Crippen LogP) is 14.9. The molecule has 1 aromatic heterocycles. The number of allylic oxidation sites excluding steroid dienone is 3. The van der Waals surface area contributed by atoms with E-state index >= 15 is 8.63 Å². The number of carbonyl (C=O) groups is 3. The number of fused-ring (bicyclic) bond motifs is 3. The molecule has 11 heteroatoms. The Morgan fingerprint density at radius 2 is 1.25 bits per heavy atom. The number of rotatable bonds is 15. The van der Waals surface area contributed by atoms with Crippen LogP contribution < -0.4 is 4.74 Å². The molecule has 2 heterocycles. The fourth-order valence-electron chi connectivity index (χ4n) is 12.4. The second-order valence-electron chi connectivity index (χ2n) is 20.2. The van der Waals surface area contributed by atoms with Gasteiger partial charge in [0.25, 0.3) is 0 Å². The van der Waals surface area contributed by atoms with Gasteiger partial charge in [0, 0.05) is 41.5 Å². The van der Waals surface area contributed by atoms with Crippen LogP contribution in [0.3, 0.4) is 0 Å². The lowest BCUT2D eigenvalue weighted by Crippen LogP contribution is -2.26. The van der Waals surface area contributed by atoms with Gasteiger partial charge in [-0.05, 0) is 198 Å². The Morgan fingerprint density at radius 3 is 1.92 bits per heavy atom. The first-order chi connectivity index (χ1) is 37.0. The first kappa shape index (κ1) is 50.3. The second kappa shape index (κ2) is 21.4. The fourth-order valence-corrected chi connectivity index (χ4v) is 12.4. The molecule has 0 saturated heterocycles. The van der Waals surface area contributed by atoms with Crippen molar-refractivity contribution in [2.24, 2.45) is 0 Å². The Bertz CT molecular complexity index is 3730. The van der Waals surface area contributed by atoms with Crippen LogP contribution in [0.5, 0.6) is 5.75 Å². The number of benzene rings is 7. The van der Waals surface area contributed by atoms with Crippen molar-refractivity contribution in [3.05, 3.63) is 183 Å². The topological polar surface area (TPSA) is 97.7 Å². The molecule has 0 saturated carbocycles. The van der Waals surface area contributed by atoms with Crippen LogP contribution in [0.1, 0.15) is 110 Å². The Hall–Kier alpha value is -7.92. The molecule has 0 radical (unpaired) electrons. The largest absolute Gasteiger partial charge is 0.935 e. The normalized spacial score (nSPS) is 15.4. The summed E-state index contributed by atoms with van der Waals surface area (Å²) in [5.74, 6) is -0.888. The van der Waals surface area contributed by atoms with Gasteiger partial charge >= 0.3 is 25.3 Å². The minimum Gasteiger partial charge on any atom is -0.463 e. The quantitative estimate of drug-likeness (QED) is 0.0274. The lowest BCUT2D eigenvalue weighted by molar-refractivity contribution is -0.342. The van der Waals surface area contributed by atoms with E-state index in [1.54, 1.807) is 19.9 Å². The third kappa shape index (κ3) is 9.34. The molecular weight excluding hydrogens is 954 g/mol. The first-order valence-corrected chi connectivity index (χ1v) is 26.9. The summed E-state index contributed by atoms with van der Waals surface area (Å²) < 4.78 is 49.5. The molecule has 8 nitrogen and oxygen atoms in total. The molecule has 2 aliphatic carbocycles. The molecule has 1 aliphatic heterocycles. The van der Waals surface area contributed by atoms with E-state index < -0.39 is 19.3 Å². The molecule has 0 atom stereocenters. The van der Waals surface area contributed by atoms with E-state index in [0.717, 1.165) is 111 Å². The van der Waals surface area contributed by atoms with E-state index in [0.29, 0.717) is 42.0 Å². The highest BCUT2D eigenvalue weighted by atomic mass is 19.2. The number of aromatic nitrogens is 1. The van der Waals surface area contributed by atoms with Crippen molar-refractivity contribution < 1.29 is 41.7 Å². The van der Waals surface area contributed by atoms with Gasteiger partial charge < -0.3 is 19.2 Å². The molecule has 0 spiro atoms. The van der Waals surface area contributed by atoms with Crippen molar-refractivity contribution in [2.75, 3.05) is 13.2 Å². The average molecular weight is 1010 g/mol. The molecule has 8 aromatic rings. The number of esters is 3. The lowest BCUT2D eigenvalue weighted by Gasteiger charge is -2.21. The van der Waals surface area contributed by atoms with Crippen LogP contribution in [-0.4, -0.2) is 53.7 Å². The van der Waals surface area contributed by atoms with Gasteiger partial charge in [-0.1, -0.05) is 91.0 Å². The van der Waals surface area contributed by atoms with Crippen LogP contribution >= 0.6 is 0 Å². The zero-order chi connectivity index (χ0) is 52.6. The Kier molecular flexibility index (Phi) is 14.1. The number of aryl methyl sites for hydroxylation is 3. The van der Waals surface area contributed by atoms with Gasteiger partial charge in [0.1, 0.15) is 5.75 Å². The van der Waals surface area contributed by atoms with Crippen LogP contribution in [-0.2, 0) is 43.1 Å². The fraction of sp³-hybridized carbons (Fsp3) is 0.262. The van der Waals surface area contributed by atoms with Crippen LogP contribution in [0.15, 0.2) is 138 Å². The van der Waals surface area contributed by atoms with Crippen molar-refractivity contribution in [3.8, 4) is 16.9 Å². The van der Waals surface area contributed by atoms with Crippen molar-refractivity contribution in [3.63, 3.8) is 0 Å². The van der Waals surface area contributed by atoms with Gasteiger partial charge in [0.15, 0.2) is 11.4 Å². The molecule has 382 valence electrons. The molecule has 0 bridgehead atoms. The maximum Gasteiger partial charge on any atom is 0.935 e. The summed E-state index contributed by atoms with van der Waals surface area (Å²) in [6.07, 6.45) is 13.8. The summed E-state index contributed by atoms with van der Waals surface area (Å²) in [5, 5.41) is 10.0. The molecule has 3 aliphatic rings. The molecule has 0 fully saturated rings. The van der Waals surface area contributed by atoms with Gasteiger partial charge in [-0.25, -0.2) is 22.7 Å². The molecule has 76 heavy (non-hydrogen) atoms. The third-order valence-corrected chi connectivity index (χ3v) is 15.6. The number of nitrogens with zero attached hydrogens (tertiary/aromatic N) is 1. The zero-order valence-electron chi connectivity index (χ0n) is 43.5. The highest BCUT2D eigenvalue weighted by Crippen LogP contribution is 2.47. The number of nitrogens with one attached hydrogen (secondary N) is 1. The van der Waals surface area contributed by atoms with Crippen LogP contribution in [0.4, 0.5) is 8.63 Å². The van der Waals surface area contributed by atoms with E-state index in [9.17, 15) is 14.4 Å². The van der Waals surface area contributed by atoms with E-state index in [1.165, 1.54) is 66.9 Å². The lowest BCUT2D eigenvalue weighted by atomic mass is 9.82. The maximum atomic E-state index is 16.0. The zero-order valence-corrected chi connectivity index (χ0v) is 43.5. The van der Waals surface area contributed by atoms with Crippen molar-refractivity contribution in [1.29, 1.82) is 0 Å². The predicted molar refractivity (Wildman–Crippen MR) is 301 cm³/mol. The number of H-pyrrole nitrogens is 1. The first-order valence-electron chi connectivity index (χ1n) is 26.9. The Labute approximate surface area is 442 Å². The average Bonchev–Trinajstić information content (AvgIpc) is 4.09. The standard InChI is InChI=1S/C65H59BF2N2O6/c1-5-74-57(71)35-33-55-47-18-7-9-20-53(47)64(69-55)63(65-54-21-10-8-19-48(54)56(70(65)66(67)68)34-36-58(72)75-6-2)60-39(3)37-44(38-40(60)4)41-27-30-45(31-28-41)76-59(73)26-13-15-42-29-32-52-50-24-12-17-43-16-11-23-49(61(43)50)51-25-14-22-46(42)62(51)52/h11-12,14,16-17,22-25,27-38H,5-10,13,15,18-21,26H2,1-4H3/p+1/b35-33+,36-34+. The Balaban J connectivity index is 0.899. The number of carbonyl (C=O) groups excluding carboxylic acids is 3. The minimum absolute atomic E-state index is 0.168. The van der Waals surface area contributed by atoms with Gasteiger partial charge in [0.2, 0.25) is 0 Å². The number of ether oxygens (including phenoxy) is 3. The Morgan fingerprint density at radius 1 is 0.658 bits per heavy atom. The molecule has 0 amide bonds. The monoisotopic (exact) mass is 1010 g/mol. The van der Waals surface area contributed by atoms with Crippen LogP contribution in [0.2, 0.25) is 0 Å². The van der Waals surface area contributed by atoms with E-state index in [2.05, 4.69) is 83.8 Å². The molecule has 7 aromatic carbocycles. The van der Waals surface area contributed by atoms with E-state index in [4.69, 9.17) is 14.2 Å². The highest BCUT2D eigenvalue weighted by Gasteiger charge is 2.50. The van der Waals surface area contributed by atoms with Gasteiger partial charge in [-0.2, -0.15) is 0 Å². The van der Waals surface area contributed by atoms with Crippen LogP contribution in [0, 0.1) is 13.8 Å². The smallest absolute Gasteiger partial charge is 0.463 e. The molecular formula is C65H60BF2N2O6+. The third-order valence-electron chi connectivity index (χ3n) is 15.6. The minimum atomic E-state index is -2.93. The number of halogens is 2. The van der Waals surface area contributed by atoms with Crippen molar-refractivity contribution in [1.82, 2.24) is 4.98 Å². The number of hydrogen-bond donors (Lipinski definition) is 1. The summed E-state index contributed by atoms with van der Waals surface area (Å²) in [6, 6.07) is 35.7. The van der Waals surface area contributed by atoms with Crippen molar-refractivity contribution >= 4 is 85.8 Å². The van der Waals surface area contributed by atoms with E-state index in [-0.39, 0.29) is 25.6 Å². The summed E-state index contributed by atoms with van der Waals surface area (Å²) in [4.78, 5) is 42.3. The molecule has 1 N–H and O–H groups in total.